The lowest BCUT2D eigenvalue weighted by molar-refractivity contribution is 0.300. The van der Waals surface area contributed by atoms with Crippen molar-refractivity contribution in [1.29, 1.82) is 0 Å². The van der Waals surface area contributed by atoms with Crippen molar-refractivity contribution in [3.63, 3.8) is 0 Å². The Hall–Kier alpha value is -2.27. The van der Waals surface area contributed by atoms with Gasteiger partial charge in [0, 0.05) is 11.1 Å². The highest BCUT2D eigenvalue weighted by Crippen LogP contribution is 2.20. The number of benzene rings is 2. The minimum atomic E-state index is -0.484. The maximum atomic E-state index is 13.6. The number of oxime groups is 1. The van der Waals surface area contributed by atoms with Crippen molar-refractivity contribution < 1.29 is 14.3 Å². The molecule has 6 heteroatoms. The van der Waals surface area contributed by atoms with Crippen LogP contribution in [0, 0.1) is 5.82 Å². The van der Waals surface area contributed by atoms with E-state index in [1.54, 1.807) is 36.4 Å². The number of hydrogen-bond donors (Lipinski definition) is 2. The molecule has 0 spiro atoms. The summed E-state index contributed by atoms with van der Waals surface area (Å²) >= 11 is 5.69. The molecule has 3 N–H and O–H groups in total. The molecule has 2 aromatic rings. The molecule has 2 aromatic carbocycles. The summed E-state index contributed by atoms with van der Waals surface area (Å²) in [5.41, 5.74) is 6.38. The third-order valence-electron chi connectivity index (χ3n) is 2.68. The van der Waals surface area contributed by atoms with E-state index in [-0.39, 0.29) is 17.5 Å². The topological polar surface area (TPSA) is 67.8 Å². The molecular weight excluding hydrogens is 283 g/mol. The summed E-state index contributed by atoms with van der Waals surface area (Å²) in [4.78, 5) is 0. The Morgan fingerprint density at radius 2 is 1.95 bits per heavy atom. The van der Waals surface area contributed by atoms with E-state index in [4.69, 9.17) is 27.3 Å². The monoisotopic (exact) mass is 294 g/mol. The van der Waals surface area contributed by atoms with E-state index >= 15 is 0 Å². The van der Waals surface area contributed by atoms with Crippen molar-refractivity contribution >= 4 is 17.4 Å². The molecule has 0 fully saturated rings. The van der Waals surface area contributed by atoms with Gasteiger partial charge >= 0.3 is 0 Å². The fourth-order valence-corrected chi connectivity index (χ4v) is 1.79. The van der Waals surface area contributed by atoms with Gasteiger partial charge in [0.05, 0.1) is 5.02 Å². The third kappa shape index (κ3) is 3.19. The predicted octanol–water partition coefficient (Wildman–Crippen LogP) is 3.15. The number of rotatable bonds is 4. The van der Waals surface area contributed by atoms with Gasteiger partial charge in [0.15, 0.2) is 5.84 Å². The molecule has 0 radical (unpaired) electrons. The Bertz CT molecular complexity index is 630. The zero-order valence-corrected chi connectivity index (χ0v) is 11.1. The minimum absolute atomic E-state index is 0.0115. The predicted molar refractivity (Wildman–Crippen MR) is 74.7 cm³/mol. The molecule has 0 atom stereocenters. The first kappa shape index (κ1) is 14.1. The molecule has 0 saturated carbocycles. The van der Waals surface area contributed by atoms with Gasteiger partial charge in [-0.3, -0.25) is 0 Å². The van der Waals surface area contributed by atoms with Gasteiger partial charge in [0.1, 0.15) is 18.2 Å². The summed E-state index contributed by atoms with van der Waals surface area (Å²) in [5, 5.41) is 11.5. The molecule has 0 aromatic heterocycles. The lowest BCUT2D eigenvalue weighted by Gasteiger charge is -2.08. The number of amidine groups is 1. The number of ether oxygens (including phenoxy) is 1. The van der Waals surface area contributed by atoms with E-state index in [2.05, 4.69) is 5.16 Å². The summed E-state index contributed by atoms with van der Waals surface area (Å²) in [6.45, 7) is 0.0648. The van der Waals surface area contributed by atoms with Crippen LogP contribution in [0.5, 0.6) is 5.75 Å². The zero-order chi connectivity index (χ0) is 14.5. The average molecular weight is 295 g/mol. The van der Waals surface area contributed by atoms with Gasteiger partial charge < -0.3 is 15.7 Å². The van der Waals surface area contributed by atoms with Crippen molar-refractivity contribution in [3.8, 4) is 5.75 Å². The van der Waals surface area contributed by atoms with Crippen LogP contribution >= 0.6 is 11.6 Å². The molecule has 20 heavy (non-hydrogen) atoms. The second kappa shape index (κ2) is 6.25. The van der Waals surface area contributed by atoms with E-state index in [0.717, 1.165) is 0 Å². The molecular formula is C14H12ClFN2O2. The van der Waals surface area contributed by atoms with Gasteiger partial charge in [-0.1, -0.05) is 28.9 Å². The van der Waals surface area contributed by atoms with Gasteiger partial charge in [0.2, 0.25) is 0 Å². The minimum Gasteiger partial charge on any atom is -0.489 e. The Kier molecular flexibility index (Phi) is 4.42. The SMILES string of the molecule is N/C(=N/O)c1ccc(OCc2cccc(Cl)c2F)cc1. The van der Waals surface area contributed by atoms with E-state index in [1.807, 2.05) is 0 Å². The fourth-order valence-electron chi connectivity index (χ4n) is 1.60. The van der Waals surface area contributed by atoms with Crippen LogP contribution in [-0.2, 0) is 6.61 Å². The largest absolute Gasteiger partial charge is 0.489 e. The van der Waals surface area contributed by atoms with Crippen molar-refractivity contribution in [1.82, 2.24) is 0 Å². The zero-order valence-electron chi connectivity index (χ0n) is 10.4. The Balaban J connectivity index is 2.06. The van der Waals surface area contributed by atoms with Crippen LogP contribution in [-0.4, -0.2) is 11.0 Å². The van der Waals surface area contributed by atoms with E-state index < -0.39 is 5.82 Å². The van der Waals surface area contributed by atoms with Crippen LogP contribution in [0.25, 0.3) is 0 Å². The van der Waals surface area contributed by atoms with E-state index in [9.17, 15) is 4.39 Å². The van der Waals surface area contributed by atoms with Gasteiger partial charge in [-0.25, -0.2) is 4.39 Å². The van der Waals surface area contributed by atoms with E-state index in [0.29, 0.717) is 16.9 Å². The number of nitrogens with two attached hydrogens (primary N) is 1. The van der Waals surface area contributed by atoms with Gasteiger partial charge in [0.25, 0.3) is 0 Å². The lowest BCUT2D eigenvalue weighted by atomic mass is 10.2. The molecule has 0 aliphatic carbocycles. The Morgan fingerprint density at radius 1 is 1.25 bits per heavy atom. The third-order valence-corrected chi connectivity index (χ3v) is 2.98. The molecule has 0 unspecified atom stereocenters. The highest BCUT2D eigenvalue weighted by molar-refractivity contribution is 6.30. The van der Waals surface area contributed by atoms with Crippen LogP contribution in [0.4, 0.5) is 4.39 Å². The molecule has 0 aliphatic rings. The molecule has 4 nitrogen and oxygen atoms in total. The van der Waals surface area contributed by atoms with Crippen LogP contribution in [0.2, 0.25) is 5.02 Å². The highest BCUT2D eigenvalue weighted by atomic mass is 35.5. The van der Waals surface area contributed by atoms with Gasteiger partial charge in [-0.15, -0.1) is 0 Å². The van der Waals surface area contributed by atoms with E-state index in [1.165, 1.54) is 6.07 Å². The summed E-state index contributed by atoms with van der Waals surface area (Å²) in [7, 11) is 0. The lowest BCUT2D eigenvalue weighted by Crippen LogP contribution is -2.12. The van der Waals surface area contributed by atoms with Crippen LogP contribution in [0.3, 0.4) is 0 Å². The van der Waals surface area contributed by atoms with Crippen molar-refractivity contribution in [2.24, 2.45) is 10.9 Å². The summed E-state index contributed by atoms with van der Waals surface area (Å²) in [6.07, 6.45) is 0. The van der Waals surface area contributed by atoms with Crippen LogP contribution in [0.1, 0.15) is 11.1 Å². The first-order chi connectivity index (χ1) is 9.61. The molecule has 0 bridgehead atoms. The van der Waals surface area contributed by atoms with Crippen LogP contribution < -0.4 is 10.5 Å². The first-order valence-electron chi connectivity index (χ1n) is 5.75. The smallest absolute Gasteiger partial charge is 0.170 e. The maximum Gasteiger partial charge on any atom is 0.170 e. The number of hydrogen-bond acceptors (Lipinski definition) is 3. The van der Waals surface area contributed by atoms with Crippen molar-refractivity contribution in [2.75, 3.05) is 0 Å². The molecule has 0 heterocycles. The average Bonchev–Trinajstić information content (AvgIpc) is 2.48. The van der Waals surface area contributed by atoms with Crippen molar-refractivity contribution in [2.45, 2.75) is 6.61 Å². The quantitative estimate of drug-likeness (QED) is 0.394. The second-order valence-corrected chi connectivity index (χ2v) is 4.42. The second-order valence-electron chi connectivity index (χ2n) is 4.01. The summed E-state index contributed by atoms with van der Waals surface area (Å²) < 4.78 is 19.1. The molecule has 104 valence electrons. The molecule has 0 aliphatic heterocycles. The molecule has 0 amide bonds. The molecule has 2 rings (SSSR count). The van der Waals surface area contributed by atoms with Crippen LogP contribution in [0.15, 0.2) is 47.6 Å². The summed E-state index contributed by atoms with van der Waals surface area (Å²) in [6, 6.07) is 11.3. The number of halogens is 2. The highest BCUT2D eigenvalue weighted by Gasteiger charge is 2.07. The maximum absolute atomic E-state index is 13.6. The summed E-state index contributed by atoms with van der Waals surface area (Å²) in [5.74, 6) is 0.0683. The number of nitrogens with zero attached hydrogens (tertiary/aromatic N) is 1. The Labute approximate surface area is 120 Å². The fraction of sp³-hybridized carbons (Fsp3) is 0.0714. The normalized spacial score (nSPS) is 11.4. The van der Waals surface area contributed by atoms with Gasteiger partial charge in [-0.2, -0.15) is 0 Å². The first-order valence-corrected chi connectivity index (χ1v) is 6.13. The van der Waals surface area contributed by atoms with Gasteiger partial charge in [-0.05, 0) is 30.3 Å². The van der Waals surface area contributed by atoms with Crippen molar-refractivity contribution in [3.05, 3.63) is 64.4 Å². The standard InChI is InChI=1S/C14H12ClFN2O2/c15-12-3-1-2-10(13(12)16)8-20-11-6-4-9(5-7-11)14(17)18-19/h1-7,19H,8H2,(H2,17,18). The Morgan fingerprint density at radius 3 is 2.60 bits per heavy atom. The molecule has 0 saturated heterocycles.